The summed E-state index contributed by atoms with van der Waals surface area (Å²) in [6.45, 7) is 1.82. The van der Waals surface area contributed by atoms with Gasteiger partial charge >= 0.3 is 12.0 Å². The summed E-state index contributed by atoms with van der Waals surface area (Å²) in [5, 5.41) is 14.4. The van der Waals surface area contributed by atoms with E-state index in [9.17, 15) is 19.2 Å². The van der Waals surface area contributed by atoms with Crippen LogP contribution in [0.2, 0.25) is 0 Å². The van der Waals surface area contributed by atoms with Crippen molar-refractivity contribution in [3.8, 4) is 0 Å². The fourth-order valence-corrected chi connectivity index (χ4v) is 3.58. The molecule has 2 aromatic rings. The quantitative estimate of drug-likeness (QED) is 0.370. The molecule has 0 saturated heterocycles. The Morgan fingerprint density at radius 3 is 2.43 bits per heavy atom. The summed E-state index contributed by atoms with van der Waals surface area (Å²) >= 11 is 1.40. The van der Waals surface area contributed by atoms with Crippen LogP contribution in [0.1, 0.15) is 34.1 Å². The Morgan fingerprint density at radius 2 is 1.83 bits per heavy atom. The van der Waals surface area contributed by atoms with E-state index >= 15 is 0 Å². The lowest BCUT2D eigenvalue weighted by molar-refractivity contribution is -0.137. The lowest BCUT2D eigenvalue weighted by Gasteiger charge is -2.13. The van der Waals surface area contributed by atoms with Crippen LogP contribution in [-0.2, 0) is 4.79 Å². The fourth-order valence-electron chi connectivity index (χ4n) is 2.61. The molecule has 0 spiro atoms. The molecule has 1 heterocycles. The van der Waals surface area contributed by atoms with Crippen LogP contribution >= 0.6 is 11.8 Å². The summed E-state index contributed by atoms with van der Waals surface area (Å²) < 4.78 is 0. The number of nitrogens with one attached hydrogen (secondary N) is 2. The lowest BCUT2D eigenvalue weighted by Crippen LogP contribution is -2.30. The number of carbonyl (C=O) groups is 4. The molecule has 0 aliphatic heterocycles. The number of carbonyl (C=O) groups excluding carboxylic acids is 3. The highest BCUT2D eigenvalue weighted by Crippen LogP contribution is 2.18. The van der Waals surface area contributed by atoms with Gasteiger partial charge in [-0.15, -0.1) is 0 Å². The normalized spacial score (nSPS) is 11.4. The van der Waals surface area contributed by atoms with Gasteiger partial charge < -0.3 is 15.7 Å². The molecule has 2 rings (SSSR count). The van der Waals surface area contributed by atoms with Gasteiger partial charge in [-0.2, -0.15) is 11.8 Å². The minimum Gasteiger partial charge on any atom is -0.481 e. The fraction of sp³-hybridized carbons (Fsp3) is 0.286. The van der Waals surface area contributed by atoms with E-state index in [-0.39, 0.29) is 24.0 Å². The molecular weight excluding hydrogens is 406 g/mol. The summed E-state index contributed by atoms with van der Waals surface area (Å²) in [5.74, 6) is -1.15. The van der Waals surface area contributed by atoms with Crippen molar-refractivity contribution >= 4 is 41.0 Å². The number of rotatable bonds is 11. The molecule has 8 nitrogen and oxygen atoms in total. The highest BCUT2D eigenvalue weighted by Gasteiger charge is 2.23. The number of pyridine rings is 1. The molecule has 0 aliphatic rings. The number of anilines is 1. The number of urea groups is 1. The molecule has 3 N–H and O–H groups in total. The summed E-state index contributed by atoms with van der Waals surface area (Å²) in [6, 6.07) is 9.42. The first kappa shape index (κ1) is 23.1. The van der Waals surface area contributed by atoms with Crippen molar-refractivity contribution in [1.29, 1.82) is 0 Å². The zero-order valence-electron chi connectivity index (χ0n) is 16.5. The molecular formula is C21H23N3O5S. The number of aromatic nitrogens is 1. The van der Waals surface area contributed by atoms with Crippen molar-refractivity contribution in [3.05, 3.63) is 59.9 Å². The van der Waals surface area contributed by atoms with Gasteiger partial charge in [0.25, 0.3) is 0 Å². The molecule has 1 unspecified atom stereocenters. The van der Waals surface area contributed by atoms with Crippen LogP contribution in [0.3, 0.4) is 0 Å². The van der Waals surface area contributed by atoms with Gasteiger partial charge in [0.15, 0.2) is 11.6 Å². The molecule has 1 atom stereocenters. The SMILES string of the molecule is CC(=O)c1ccc(NC(=O)NCCSCC(CC(=O)O)C(=O)c2cccnc2)cc1. The monoisotopic (exact) mass is 429 g/mol. The van der Waals surface area contributed by atoms with E-state index in [2.05, 4.69) is 15.6 Å². The van der Waals surface area contributed by atoms with Gasteiger partial charge in [0.1, 0.15) is 0 Å². The molecule has 1 aromatic carbocycles. The number of ketones is 2. The van der Waals surface area contributed by atoms with Crippen molar-refractivity contribution in [2.24, 2.45) is 5.92 Å². The zero-order valence-corrected chi connectivity index (χ0v) is 17.3. The Hall–Kier alpha value is -3.20. The third-order valence-corrected chi connectivity index (χ3v) is 5.27. The highest BCUT2D eigenvalue weighted by molar-refractivity contribution is 7.99. The summed E-state index contributed by atoms with van der Waals surface area (Å²) in [6.07, 6.45) is 2.72. The van der Waals surface area contributed by atoms with E-state index in [4.69, 9.17) is 5.11 Å². The van der Waals surface area contributed by atoms with Crippen LogP contribution in [0.5, 0.6) is 0 Å². The summed E-state index contributed by atoms with van der Waals surface area (Å²) in [7, 11) is 0. The second kappa shape index (κ2) is 11.7. The van der Waals surface area contributed by atoms with E-state index in [0.717, 1.165) is 0 Å². The lowest BCUT2D eigenvalue weighted by atomic mass is 9.97. The van der Waals surface area contributed by atoms with Gasteiger partial charge in [0, 0.05) is 53.2 Å². The average molecular weight is 429 g/mol. The molecule has 158 valence electrons. The Bertz CT molecular complexity index is 887. The van der Waals surface area contributed by atoms with Gasteiger partial charge in [-0.25, -0.2) is 4.79 Å². The first-order chi connectivity index (χ1) is 14.4. The maximum atomic E-state index is 12.5. The molecule has 9 heteroatoms. The van der Waals surface area contributed by atoms with Crippen LogP contribution in [-0.4, -0.2) is 51.7 Å². The highest BCUT2D eigenvalue weighted by atomic mass is 32.2. The van der Waals surface area contributed by atoms with Crippen LogP contribution in [0.4, 0.5) is 10.5 Å². The Balaban J connectivity index is 1.75. The summed E-state index contributed by atoms with van der Waals surface area (Å²) in [5.41, 5.74) is 1.51. The number of carboxylic acids is 1. The minimum absolute atomic E-state index is 0.0498. The van der Waals surface area contributed by atoms with Crippen molar-refractivity contribution in [2.75, 3.05) is 23.4 Å². The molecule has 0 fully saturated rings. The summed E-state index contributed by atoms with van der Waals surface area (Å²) in [4.78, 5) is 50.7. The Kier molecular flexibility index (Phi) is 9.02. The topological polar surface area (TPSA) is 125 Å². The molecule has 1 aromatic heterocycles. The average Bonchev–Trinajstić information content (AvgIpc) is 2.73. The minimum atomic E-state index is -1.04. The van der Waals surface area contributed by atoms with E-state index in [1.807, 2.05) is 0 Å². The van der Waals surface area contributed by atoms with Crippen LogP contribution in [0.15, 0.2) is 48.8 Å². The van der Waals surface area contributed by atoms with E-state index in [1.165, 1.54) is 24.9 Å². The third kappa shape index (κ3) is 7.67. The molecule has 0 bridgehead atoms. The first-order valence-electron chi connectivity index (χ1n) is 9.26. The van der Waals surface area contributed by atoms with Gasteiger partial charge in [0.2, 0.25) is 0 Å². The van der Waals surface area contributed by atoms with Gasteiger partial charge in [-0.05, 0) is 43.3 Å². The smallest absolute Gasteiger partial charge is 0.319 e. The van der Waals surface area contributed by atoms with Gasteiger partial charge in [0.05, 0.1) is 6.42 Å². The standard InChI is InChI=1S/C21H23N3O5S/c1-14(25)15-4-6-18(7-5-15)24-21(29)23-9-10-30-13-17(11-19(26)27)20(28)16-3-2-8-22-12-16/h2-8,12,17H,9-11,13H2,1H3,(H,26,27)(H2,23,24,29). The maximum Gasteiger partial charge on any atom is 0.319 e. The van der Waals surface area contributed by atoms with E-state index in [0.29, 0.717) is 34.9 Å². The number of amides is 2. The first-order valence-corrected chi connectivity index (χ1v) is 10.4. The number of thioether (sulfide) groups is 1. The number of hydrogen-bond donors (Lipinski definition) is 3. The molecule has 2 amide bonds. The van der Waals surface area contributed by atoms with E-state index in [1.54, 1.807) is 42.6 Å². The molecule has 30 heavy (non-hydrogen) atoms. The van der Waals surface area contributed by atoms with E-state index < -0.39 is 11.9 Å². The number of carboxylic acid groups (broad SMARTS) is 1. The number of Topliss-reactive ketones (excluding diaryl/α,β-unsaturated/α-hetero) is 2. The number of benzene rings is 1. The predicted octanol–water partition coefficient (Wildman–Crippen LogP) is 3.11. The molecule has 0 radical (unpaired) electrons. The molecule has 0 saturated carbocycles. The van der Waals surface area contributed by atoms with Crippen molar-refractivity contribution in [1.82, 2.24) is 10.3 Å². The number of hydrogen-bond acceptors (Lipinski definition) is 6. The van der Waals surface area contributed by atoms with Gasteiger partial charge in [-0.1, -0.05) is 0 Å². The Morgan fingerprint density at radius 1 is 1.10 bits per heavy atom. The second-order valence-electron chi connectivity index (χ2n) is 6.49. The van der Waals surface area contributed by atoms with Crippen LogP contribution < -0.4 is 10.6 Å². The van der Waals surface area contributed by atoms with Gasteiger partial charge in [-0.3, -0.25) is 19.4 Å². The third-order valence-electron chi connectivity index (χ3n) is 4.14. The number of nitrogens with zero attached hydrogens (tertiary/aromatic N) is 1. The predicted molar refractivity (Wildman–Crippen MR) is 115 cm³/mol. The maximum absolute atomic E-state index is 12.5. The van der Waals surface area contributed by atoms with Crippen molar-refractivity contribution in [3.63, 3.8) is 0 Å². The zero-order chi connectivity index (χ0) is 21.9. The molecule has 0 aliphatic carbocycles. The van der Waals surface area contributed by atoms with Crippen LogP contribution in [0.25, 0.3) is 0 Å². The van der Waals surface area contributed by atoms with Crippen molar-refractivity contribution in [2.45, 2.75) is 13.3 Å². The number of aliphatic carboxylic acids is 1. The largest absolute Gasteiger partial charge is 0.481 e. The van der Waals surface area contributed by atoms with Crippen LogP contribution in [0, 0.1) is 5.92 Å². The van der Waals surface area contributed by atoms with Crippen molar-refractivity contribution < 1.29 is 24.3 Å². The Labute approximate surface area is 178 Å². The second-order valence-corrected chi connectivity index (χ2v) is 7.64.